The highest BCUT2D eigenvalue weighted by molar-refractivity contribution is 6.42. The van der Waals surface area contributed by atoms with Gasteiger partial charge >= 0.3 is 5.97 Å². The summed E-state index contributed by atoms with van der Waals surface area (Å²) in [6, 6.07) is 6.43. The Hall–Kier alpha value is -1.79. The second kappa shape index (κ2) is 7.72. The van der Waals surface area contributed by atoms with Crippen molar-refractivity contribution in [3.63, 3.8) is 0 Å². The van der Waals surface area contributed by atoms with Crippen LogP contribution in [-0.2, 0) is 19.1 Å². The molecule has 20 heavy (non-hydrogen) atoms. The van der Waals surface area contributed by atoms with Crippen molar-refractivity contribution in [2.75, 3.05) is 23.6 Å². The first-order valence-electron chi connectivity index (χ1n) is 5.47. The van der Waals surface area contributed by atoms with E-state index in [2.05, 4.69) is 15.4 Å². The van der Waals surface area contributed by atoms with E-state index in [9.17, 15) is 14.4 Å². The van der Waals surface area contributed by atoms with Gasteiger partial charge in [-0.05, 0) is 12.1 Å². The van der Waals surface area contributed by atoms with Crippen LogP contribution in [0.25, 0.3) is 0 Å². The quantitative estimate of drug-likeness (QED) is 0.490. The highest BCUT2D eigenvalue weighted by atomic mass is 35.5. The third-order valence-corrected chi connectivity index (χ3v) is 2.84. The molecule has 1 aromatic carbocycles. The number of hydrogen-bond acceptors (Lipinski definition) is 4. The fraction of sp³-hybridized carbons (Fsp3) is 0.250. The van der Waals surface area contributed by atoms with E-state index in [1.54, 1.807) is 24.3 Å². The minimum Gasteiger partial charge on any atom is -0.468 e. The summed E-state index contributed by atoms with van der Waals surface area (Å²) in [7, 11) is 1.12. The zero-order valence-electron chi connectivity index (χ0n) is 10.5. The minimum atomic E-state index is -1.48. The molecule has 0 heterocycles. The number of alkyl halides is 2. The summed E-state index contributed by atoms with van der Waals surface area (Å²) in [5.41, 5.74) is 0.644. The van der Waals surface area contributed by atoms with Gasteiger partial charge in [0.1, 0.15) is 5.88 Å². The van der Waals surface area contributed by atoms with Crippen LogP contribution in [0.1, 0.15) is 0 Å². The molecular weight excluding hydrogens is 307 g/mol. The van der Waals surface area contributed by atoms with Gasteiger partial charge in [0.05, 0.1) is 18.5 Å². The van der Waals surface area contributed by atoms with Crippen LogP contribution in [0.3, 0.4) is 0 Å². The average Bonchev–Trinajstić information content (AvgIpc) is 2.47. The lowest BCUT2D eigenvalue weighted by Crippen LogP contribution is -2.31. The Morgan fingerprint density at radius 2 is 1.75 bits per heavy atom. The number of nitrogens with one attached hydrogen (secondary N) is 2. The highest BCUT2D eigenvalue weighted by Crippen LogP contribution is 2.21. The summed E-state index contributed by atoms with van der Waals surface area (Å²) in [4.78, 5) is 34.1. The summed E-state index contributed by atoms with van der Waals surface area (Å²) >= 11 is 11.0. The van der Waals surface area contributed by atoms with Gasteiger partial charge in [0.15, 0.2) is 0 Å². The van der Waals surface area contributed by atoms with Crippen LogP contribution in [0.2, 0.25) is 0 Å². The van der Waals surface area contributed by atoms with E-state index >= 15 is 0 Å². The lowest BCUT2D eigenvalue weighted by molar-refractivity contribution is -0.142. The van der Waals surface area contributed by atoms with Crippen molar-refractivity contribution >= 4 is 52.4 Å². The Morgan fingerprint density at radius 1 is 1.20 bits per heavy atom. The Morgan fingerprint density at radius 3 is 2.25 bits per heavy atom. The van der Waals surface area contributed by atoms with Crippen molar-refractivity contribution in [3.8, 4) is 0 Å². The predicted molar refractivity (Wildman–Crippen MR) is 76.1 cm³/mol. The lowest BCUT2D eigenvalue weighted by Gasteiger charge is -2.13. The number of para-hydroxylation sites is 2. The molecule has 0 saturated carbocycles. The number of methoxy groups -OCH3 is 1. The molecule has 1 atom stereocenters. The van der Waals surface area contributed by atoms with Gasteiger partial charge in [-0.15, -0.1) is 11.6 Å². The third-order valence-electron chi connectivity index (χ3n) is 2.22. The van der Waals surface area contributed by atoms with Crippen molar-refractivity contribution in [3.05, 3.63) is 24.3 Å². The number of benzene rings is 1. The lowest BCUT2D eigenvalue weighted by atomic mass is 10.2. The van der Waals surface area contributed by atoms with E-state index in [4.69, 9.17) is 23.2 Å². The topological polar surface area (TPSA) is 84.5 Å². The highest BCUT2D eigenvalue weighted by Gasteiger charge is 2.25. The molecule has 6 nitrogen and oxygen atoms in total. The van der Waals surface area contributed by atoms with Crippen molar-refractivity contribution in [1.82, 2.24) is 0 Å². The van der Waals surface area contributed by atoms with E-state index in [0.717, 1.165) is 7.11 Å². The summed E-state index contributed by atoms with van der Waals surface area (Å²) in [5.74, 6) is -2.27. The Balaban J connectivity index is 2.84. The van der Waals surface area contributed by atoms with Gasteiger partial charge in [0, 0.05) is 0 Å². The van der Waals surface area contributed by atoms with Gasteiger partial charge in [-0.2, -0.15) is 0 Å². The average molecular weight is 319 g/mol. The van der Waals surface area contributed by atoms with Crippen LogP contribution < -0.4 is 10.6 Å². The molecule has 8 heteroatoms. The first-order valence-corrected chi connectivity index (χ1v) is 6.44. The molecule has 0 fully saturated rings. The molecular formula is C12H12Cl2N2O4. The molecule has 0 aromatic heterocycles. The molecule has 1 unspecified atom stereocenters. The molecule has 2 N–H and O–H groups in total. The van der Waals surface area contributed by atoms with Crippen molar-refractivity contribution < 1.29 is 19.1 Å². The summed E-state index contributed by atoms with van der Waals surface area (Å²) < 4.78 is 4.36. The largest absolute Gasteiger partial charge is 0.468 e. The van der Waals surface area contributed by atoms with Crippen LogP contribution in [0.15, 0.2) is 24.3 Å². The number of carbonyl (C=O) groups is 3. The number of halogens is 2. The molecule has 0 aliphatic rings. The number of carbonyl (C=O) groups excluding carboxylic acids is 3. The van der Waals surface area contributed by atoms with Crippen molar-refractivity contribution in [2.45, 2.75) is 5.38 Å². The van der Waals surface area contributed by atoms with Crippen LogP contribution in [0.5, 0.6) is 0 Å². The smallest absolute Gasteiger partial charge is 0.333 e. The Bertz CT molecular complexity index is 522. The van der Waals surface area contributed by atoms with Gasteiger partial charge in [-0.3, -0.25) is 9.59 Å². The van der Waals surface area contributed by atoms with Crippen LogP contribution in [0.4, 0.5) is 11.4 Å². The number of rotatable bonds is 5. The normalized spacial score (nSPS) is 11.3. The van der Waals surface area contributed by atoms with E-state index in [1.165, 1.54) is 0 Å². The van der Waals surface area contributed by atoms with E-state index in [-0.39, 0.29) is 5.88 Å². The number of ether oxygens (including phenoxy) is 1. The molecule has 0 bridgehead atoms. The molecule has 1 aromatic rings. The van der Waals surface area contributed by atoms with E-state index in [0.29, 0.717) is 11.4 Å². The summed E-state index contributed by atoms with van der Waals surface area (Å²) in [6.07, 6.45) is 0. The van der Waals surface area contributed by atoms with E-state index in [1.807, 2.05) is 0 Å². The fourth-order valence-corrected chi connectivity index (χ4v) is 1.50. The first-order chi connectivity index (χ1) is 9.49. The zero-order chi connectivity index (χ0) is 15.1. The third kappa shape index (κ3) is 4.40. The predicted octanol–water partition coefficient (Wildman–Crippen LogP) is 1.58. The van der Waals surface area contributed by atoms with Crippen LogP contribution >= 0.6 is 23.2 Å². The minimum absolute atomic E-state index is 0.220. The fourth-order valence-electron chi connectivity index (χ4n) is 1.29. The summed E-state index contributed by atoms with van der Waals surface area (Å²) in [5, 5.41) is 3.45. The Labute approximate surface area is 125 Å². The SMILES string of the molecule is COC(=O)C(Cl)C(=O)Nc1ccccc1NC(=O)CCl. The zero-order valence-corrected chi connectivity index (χ0v) is 12.0. The maximum atomic E-state index is 11.7. The van der Waals surface area contributed by atoms with Crippen LogP contribution in [0, 0.1) is 0 Å². The molecule has 108 valence electrons. The van der Waals surface area contributed by atoms with Gasteiger partial charge < -0.3 is 15.4 Å². The van der Waals surface area contributed by atoms with E-state index < -0.39 is 23.2 Å². The molecule has 2 amide bonds. The van der Waals surface area contributed by atoms with Crippen LogP contribution in [-0.4, -0.2) is 36.2 Å². The molecule has 0 aliphatic heterocycles. The maximum absolute atomic E-state index is 11.7. The van der Waals surface area contributed by atoms with Gasteiger partial charge in [-0.25, -0.2) is 4.79 Å². The molecule has 0 saturated heterocycles. The van der Waals surface area contributed by atoms with Gasteiger partial charge in [0.2, 0.25) is 11.3 Å². The molecule has 0 aliphatic carbocycles. The monoisotopic (exact) mass is 318 g/mol. The van der Waals surface area contributed by atoms with Gasteiger partial charge in [0.25, 0.3) is 5.91 Å². The standard InChI is InChI=1S/C12H12Cl2N2O4/c1-20-12(19)10(14)11(18)16-8-5-3-2-4-7(8)15-9(17)6-13/h2-5,10H,6H2,1H3,(H,15,17)(H,16,18). The molecule has 0 radical (unpaired) electrons. The summed E-state index contributed by atoms with van der Waals surface area (Å²) in [6.45, 7) is 0. The number of anilines is 2. The number of esters is 1. The van der Waals surface area contributed by atoms with Crippen molar-refractivity contribution in [2.24, 2.45) is 0 Å². The first kappa shape index (κ1) is 16.3. The maximum Gasteiger partial charge on any atom is 0.333 e. The number of amides is 2. The molecule has 0 spiro atoms. The second-order valence-electron chi connectivity index (χ2n) is 3.60. The second-order valence-corrected chi connectivity index (χ2v) is 4.31. The van der Waals surface area contributed by atoms with Gasteiger partial charge in [-0.1, -0.05) is 23.7 Å². The number of hydrogen-bond donors (Lipinski definition) is 2. The molecule has 1 rings (SSSR count). The Kier molecular flexibility index (Phi) is 6.27. The van der Waals surface area contributed by atoms with Crippen molar-refractivity contribution in [1.29, 1.82) is 0 Å².